The third-order valence-corrected chi connectivity index (χ3v) is 3.21. The first-order valence-electron chi connectivity index (χ1n) is 4.85. The van der Waals surface area contributed by atoms with Gasteiger partial charge in [-0.15, -0.1) is 11.7 Å². The third-order valence-electron chi connectivity index (χ3n) is 2.23. The number of hydrogen-bond acceptors (Lipinski definition) is 5. The second-order valence-corrected chi connectivity index (χ2v) is 4.50. The normalized spacial score (nSPS) is 20.7. The van der Waals surface area contributed by atoms with Gasteiger partial charge in [0.05, 0.1) is 25.0 Å². The van der Waals surface area contributed by atoms with Gasteiger partial charge in [0.15, 0.2) is 0 Å². The molecular weight excluding hydrogens is 230 g/mol. The average molecular weight is 243 g/mol. The molecule has 1 saturated heterocycles. The van der Waals surface area contributed by atoms with E-state index in [1.54, 1.807) is 0 Å². The Hall–Kier alpha value is -0.230. The molecule has 0 bridgehead atoms. The molecule has 82 valence electrons. The Morgan fingerprint density at radius 1 is 1.60 bits per heavy atom. The Labute approximate surface area is 98.4 Å². The van der Waals surface area contributed by atoms with Gasteiger partial charge in [0.2, 0.25) is 0 Å². The van der Waals surface area contributed by atoms with Crippen LogP contribution in [0.1, 0.15) is 12.1 Å². The van der Waals surface area contributed by atoms with Gasteiger partial charge in [-0.05, 0) is 29.3 Å². The van der Waals surface area contributed by atoms with Gasteiger partial charge < -0.3 is 9.47 Å². The quantitative estimate of drug-likeness (QED) is 0.649. The maximum atomic E-state index is 5.67. The zero-order valence-electron chi connectivity index (χ0n) is 8.26. The van der Waals surface area contributed by atoms with Crippen LogP contribution in [0.5, 0.6) is 0 Å². The number of ether oxygens (including phenoxy) is 2. The summed E-state index contributed by atoms with van der Waals surface area (Å²) in [5, 5.41) is 0.905. The number of hydrogen-bond donors (Lipinski definition) is 1. The van der Waals surface area contributed by atoms with Gasteiger partial charge in [-0.1, -0.05) is 6.07 Å². The SMILES string of the molecule is SSc1cccc(COC2CCOC2)n1. The number of pyridine rings is 1. The van der Waals surface area contributed by atoms with E-state index in [-0.39, 0.29) is 6.10 Å². The van der Waals surface area contributed by atoms with Gasteiger partial charge in [-0.2, -0.15) is 0 Å². The Kier molecular flexibility index (Phi) is 4.31. The summed E-state index contributed by atoms with van der Waals surface area (Å²) in [7, 11) is 1.34. The van der Waals surface area contributed by atoms with Crippen LogP contribution in [0, 0.1) is 0 Å². The minimum absolute atomic E-state index is 0.235. The lowest BCUT2D eigenvalue weighted by molar-refractivity contribution is 0.0299. The lowest BCUT2D eigenvalue weighted by atomic mass is 10.3. The van der Waals surface area contributed by atoms with Gasteiger partial charge in [-0.3, -0.25) is 0 Å². The average Bonchev–Trinajstić information content (AvgIpc) is 2.79. The molecule has 1 fully saturated rings. The van der Waals surface area contributed by atoms with Crippen LogP contribution in [0.2, 0.25) is 0 Å². The molecule has 1 aromatic rings. The van der Waals surface area contributed by atoms with Crippen molar-refractivity contribution in [3.05, 3.63) is 23.9 Å². The number of aromatic nitrogens is 1. The lowest BCUT2D eigenvalue weighted by Crippen LogP contribution is -2.12. The molecule has 1 atom stereocenters. The predicted molar refractivity (Wildman–Crippen MR) is 63.1 cm³/mol. The van der Waals surface area contributed by atoms with Crippen LogP contribution in [0.25, 0.3) is 0 Å². The molecule has 1 aliphatic rings. The zero-order valence-corrected chi connectivity index (χ0v) is 9.97. The monoisotopic (exact) mass is 243 g/mol. The van der Waals surface area contributed by atoms with E-state index in [9.17, 15) is 0 Å². The van der Waals surface area contributed by atoms with Crippen LogP contribution < -0.4 is 0 Å². The maximum absolute atomic E-state index is 5.67. The molecule has 0 N–H and O–H groups in total. The number of nitrogens with zero attached hydrogens (tertiary/aromatic N) is 1. The standard InChI is InChI=1S/C10H13NO2S2/c14-15-10-3-1-2-8(11-10)6-13-9-4-5-12-7-9/h1-3,9,14H,4-7H2. The van der Waals surface area contributed by atoms with E-state index in [1.165, 1.54) is 10.8 Å². The van der Waals surface area contributed by atoms with Crippen molar-refractivity contribution in [2.24, 2.45) is 0 Å². The van der Waals surface area contributed by atoms with Crippen molar-refractivity contribution in [1.82, 2.24) is 4.98 Å². The summed E-state index contributed by atoms with van der Waals surface area (Å²) in [5.74, 6) is 0. The molecule has 3 nitrogen and oxygen atoms in total. The molecule has 2 rings (SSSR count). The Morgan fingerprint density at radius 2 is 2.53 bits per heavy atom. The fraction of sp³-hybridized carbons (Fsp3) is 0.500. The van der Waals surface area contributed by atoms with E-state index < -0.39 is 0 Å². The van der Waals surface area contributed by atoms with Crippen molar-refractivity contribution in [1.29, 1.82) is 0 Å². The van der Waals surface area contributed by atoms with Crippen molar-refractivity contribution >= 4 is 22.5 Å². The molecule has 0 aromatic carbocycles. The summed E-state index contributed by atoms with van der Waals surface area (Å²) in [4.78, 5) is 4.37. The molecule has 1 aliphatic heterocycles. The van der Waals surface area contributed by atoms with Crippen LogP contribution in [0.4, 0.5) is 0 Å². The largest absolute Gasteiger partial charge is 0.379 e. The summed E-state index contributed by atoms with van der Waals surface area (Å²) in [6.07, 6.45) is 1.22. The highest BCUT2D eigenvalue weighted by molar-refractivity contribution is 8.68. The van der Waals surface area contributed by atoms with Gasteiger partial charge in [0.1, 0.15) is 5.03 Å². The Bertz CT molecular complexity index is 316. The molecule has 0 amide bonds. The molecule has 0 spiro atoms. The van der Waals surface area contributed by atoms with Crippen LogP contribution in [0.3, 0.4) is 0 Å². The second kappa shape index (κ2) is 5.75. The summed E-state index contributed by atoms with van der Waals surface area (Å²) < 4.78 is 10.9. The van der Waals surface area contributed by atoms with Crippen molar-refractivity contribution < 1.29 is 9.47 Å². The maximum Gasteiger partial charge on any atom is 0.107 e. The van der Waals surface area contributed by atoms with Crippen LogP contribution >= 0.6 is 22.5 Å². The minimum Gasteiger partial charge on any atom is -0.379 e. The smallest absolute Gasteiger partial charge is 0.107 e. The van der Waals surface area contributed by atoms with E-state index in [2.05, 4.69) is 16.6 Å². The Balaban J connectivity index is 1.86. The van der Waals surface area contributed by atoms with Gasteiger partial charge in [-0.25, -0.2) is 4.98 Å². The van der Waals surface area contributed by atoms with E-state index >= 15 is 0 Å². The highest BCUT2D eigenvalue weighted by atomic mass is 33.1. The molecule has 0 radical (unpaired) electrons. The molecule has 0 aliphatic carbocycles. The summed E-state index contributed by atoms with van der Waals surface area (Å²) in [6.45, 7) is 2.07. The van der Waals surface area contributed by atoms with Crippen molar-refractivity contribution in [3.63, 3.8) is 0 Å². The first-order chi connectivity index (χ1) is 7.38. The fourth-order valence-electron chi connectivity index (χ4n) is 1.44. The summed E-state index contributed by atoms with van der Waals surface area (Å²) in [5.41, 5.74) is 0.945. The van der Waals surface area contributed by atoms with E-state index in [0.717, 1.165) is 23.7 Å². The number of thiol groups is 1. The Morgan fingerprint density at radius 3 is 3.27 bits per heavy atom. The van der Waals surface area contributed by atoms with Crippen LogP contribution in [-0.2, 0) is 16.1 Å². The lowest BCUT2D eigenvalue weighted by Gasteiger charge is -2.09. The third kappa shape index (κ3) is 3.38. The molecule has 1 unspecified atom stereocenters. The molecule has 1 aromatic heterocycles. The van der Waals surface area contributed by atoms with Gasteiger partial charge in [0.25, 0.3) is 0 Å². The van der Waals surface area contributed by atoms with E-state index in [1.807, 2.05) is 18.2 Å². The number of rotatable bonds is 4. The van der Waals surface area contributed by atoms with Crippen molar-refractivity contribution in [2.75, 3.05) is 13.2 Å². The first-order valence-corrected chi connectivity index (χ1v) is 6.72. The van der Waals surface area contributed by atoms with E-state index in [0.29, 0.717) is 13.2 Å². The van der Waals surface area contributed by atoms with Crippen LogP contribution in [-0.4, -0.2) is 24.3 Å². The zero-order chi connectivity index (χ0) is 10.5. The highest BCUT2D eigenvalue weighted by Crippen LogP contribution is 2.19. The van der Waals surface area contributed by atoms with E-state index in [4.69, 9.17) is 9.47 Å². The van der Waals surface area contributed by atoms with Gasteiger partial charge >= 0.3 is 0 Å². The summed E-state index contributed by atoms with van der Waals surface area (Å²) in [6, 6.07) is 5.86. The van der Waals surface area contributed by atoms with Crippen LogP contribution in [0.15, 0.2) is 23.2 Å². The summed E-state index contributed by atoms with van der Waals surface area (Å²) >= 11 is 4.11. The fourth-order valence-corrected chi connectivity index (χ4v) is 2.04. The molecule has 2 heterocycles. The van der Waals surface area contributed by atoms with Crippen molar-refractivity contribution in [3.8, 4) is 0 Å². The molecule has 0 saturated carbocycles. The second-order valence-electron chi connectivity index (χ2n) is 3.36. The molecular formula is C10H13NO2S2. The highest BCUT2D eigenvalue weighted by Gasteiger charge is 2.15. The van der Waals surface area contributed by atoms with Crippen molar-refractivity contribution in [2.45, 2.75) is 24.2 Å². The van der Waals surface area contributed by atoms with Gasteiger partial charge in [0, 0.05) is 6.61 Å². The first kappa shape index (κ1) is 11.3. The molecule has 5 heteroatoms. The predicted octanol–water partition coefficient (Wildman–Crippen LogP) is 2.32. The molecule has 15 heavy (non-hydrogen) atoms. The topological polar surface area (TPSA) is 31.4 Å². The minimum atomic E-state index is 0.235.